The van der Waals surface area contributed by atoms with Crippen LogP contribution in [0.25, 0.3) is 0 Å². The number of piperazine rings is 1. The van der Waals surface area contributed by atoms with Gasteiger partial charge in [-0.1, -0.05) is 12.1 Å². The fraction of sp³-hybridized carbons (Fsp3) is 0.312. The number of nitrogens with zero attached hydrogens (tertiary/aromatic N) is 2. The summed E-state index contributed by atoms with van der Waals surface area (Å²) in [6.07, 6.45) is -3.05. The van der Waals surface area contributed by atoms with Crippen LogP contribution in [0.15, 0.2) is 30.5 Å². The van der Waals surface area contributed by atoms with Crippen molar-refractivity contribution in [3.05, 3.63) is 52.8 Å². The Labute approximate surface area is 141 Å². The molecule has 2 atom stereocenters. The van der Waals surface area contributed by atoms with E-state index in [0.717, 1.165) is 12.1 Å². The quantitative estimate of drug-likeness (QED) is 0.865. The zero-order chi connectivity index (χ0) is 18.4. The van der Waals surface area contributed by atoms with Crippen molar-refractivity contribution in [2.45, 2.75) is 25.2 Å². The zero-order valence-corrected chi connectivity index (χ0v) is 13.4. The molecule has 2 amide bonds. The molecule has 1 aromatic heterocycles. The summed E-state index contributed by atoms with van der Waals surface area (Å²) in [4.78, 5) is 24.8. The van der Waals surface area contributed by atoms with Gasteiger partial charge in [-0.3, -0.25) is 14.3 Å². The van der Waals surface area contributed by atoms with Crippen molar-refractivity contribution in [3.8, 4) is 0 Å². The lowest BCUT2D eigenvalue weighted by Crippen LogP contribution is -2.53. The number of benzene rings is 1. The lowest BCUT2D eigenvalue weighted by Gasteiger charge is -2.30. The first kappa shape index (κ1) is 17.0. The minimum Gasteiger partial charge on any atom is -0.338 e. The molecule has 3 rings (SSSR count). The molecule has 2 N–H and O–H groups in total. The Hall–Kier alpha value is -2.84. The maximum Gasteiger partial charge on any atom is 0.416 e. The van der Waals surface area contributed by atoms with Gasteiger partial charge in [0.1, 0.15) is 12.1 Å². The van der Waals surface area contributed by atoms with Crippen LogP contribution in [0, 0.1) is 6.92 Å². The fourth-order valence-corrected chi connectivity index (χ4v) is 2.73. The van der Waals surface area contributed by atoms with Crippen LogP contribution in [-0.2, 0) is 22.8 Å². The van der Waals surface area contributed by atoms with Gasteiger partial charge in [0.2, 0.25) is 11.8 Å². The molecule has 1 aliphatic heterocycles. The molecule has 9 heteroatoms. The Balaban J connectivity index is 1.87. The maximum atomic E-state index is 12.8. The first-order valence-electron chi connectivity index (χ1n) is 7.45. The van der Waals surface area contributed by atoms with E-state index in [9.17, 15) is 22.8 Å². The molecule has 2 aromatic rings. The van der Waals surface area contributed by atoms with Gasteiger partial charge < -0.3 is 10.6 Å². The van der Waals surface area contributed by atoms with Gasteiger partial charge in [0.25, 0.3) is 0 Å². The SMILES string of the molecule is Cc1c(C2NC(=O)C(c3cccc(C(F)(F)F)c3)NC2=O)cnn1C. The number of carbonyl (C=O) groups excluding carboxylic acids is 2. The first-order valence-corrected chi connectivity index (χ1v) is 7.45. The molecule has 25 heavy (non-hydrogen) atoms. The predicted octanol–water partition coefficient (Wildman–Crippen LogP) is 1.78. The van der Waals surface area contributed by atoms with E-state index >= 15 is 0 Å². The molecule has 2 heterocycles. The molecule has 1 saturated heterocycles. The van der Waals surface area contributed by atoms with Gasteiger partial charge in [0.05, 0.1) is 11.8 Å². The van der Waals surface area contributed by atoms with Gasteiger partial charge in [-0.05, 0) is 24.6 Å². The minimum absolute atomic E-state index is 0.0713. The highest BCUT2D eigenvalue weighted by atomic mass is 19.4. The number of nitrogens with one attached hydrogen (secondary N) is 2. The van der Waals surface area contributed by atoms with Gasteiger partial charge in [-0.15, -0.1) is 0 Å². The Bertz CT molecular complexity index is 844. The summed E-state index contributed by atoms with van der Waals surface area (Å²) in [5, 5.41) is 9.08. The summed E-state index contributed by atoms with van der Waals surface area (Å²) in [7, 11) is 1.70. The van der Waals surface area contributed by atoms with E-state index in [-0.39, 0.29) is 5.56 Å². The number of hydrogen-bond donors (Lipinski definition) is 2. The summed E-state index contributed by atoms with van der Waals surface area (Å²) < 4.78 is 40.1. The van der Waals surface area contributed by atoms with E-state index in [2.05, 4.69) is 15.7 Å². The van der Waals surface area contributed by atoms with E-state index in [1.807, 2.05) is 0 Å². The number of alkyl halides is 3. The average Bonchev–Trinajstić information content (AvgIpc) is 2.88. The van der Waals surface area contributed by atoms with Crippen molar-refractivity contribution in [2.75, 3.05) is 0 Å². The van der Waals surface area contributed by atoms with Crippen molar-refractivity contribution in [2.24, 2.45) is 7.05 Å². The van der Waals surface area contributed by atoms with E-state index in [1.165, 1.54) is 18.3 Å². The molecule has 1 aromatic carbocycles. The van der Waals surface area contributed by atoms with E-state index in [4.69, 9.17) is 0 Å². The Morgan fingerprint density at radius 2 is 1.76 bits per heavy atom. The Kier molecular flexibility index (Phi) is 4.02. The third-order valence-corrected chi connectivity index (χ3v) is 4.23. The molecular formula is C16H15F3N4O2. The normalized spacial score (nSPS) is 21.0. The number of halogens is 3. The lowest BCUT2D eigenvalue weighted by molar-refractivity contribution is -0.138. The van der Waals surface area contributed by atoms with Crippen LogP contribution < -0.4 is 10.6 Å². The molecular weight excluding hydrogens is 337 g/mol. The average molecular weight is 352 g/mol. The summed E-state index contributed by atoms with van der Waals surface area (Å²) in [6.45, 7) is 1.75. The third kappa shape index (κ3) is 3.09. The van der Waals surface area contributed by atoms with Crippen molar-refractivity contribution in [1.82, 2.24) is 20.4 Å². The summed E-state index contributed by atoms with van der Waals surface area (Å²) >= 11 is 0. The Morgan fingerprint density at radius 3 is 2.36 bits per heavy atom. The molecule has 0 bridgehead atoms. The van der Waals surface area contributed by atoms with Gasteiger partial charge in [-0.2, -0.15) is 18.3 Å². The van der Waals surface area contributed by atoms with Crippen LogP contribution in [0.4, 0.5) is 13.2 Å². The maximum absolute atomic E-state index is 12.8. The molecule has 0 saturated carbocycles. The number of aromatic nitrogens is 2. The molecule has 132 valence electrons. The molecule has 0 spiro atoms. The monoisotopic (exact) mass is 352 g/mol. The second-order valence-corrected chi connectivity index (χ2v) is 5.82. The van der Waals surface area contributed by atoms with Crippen LogP contribution in [0.5, 0.6) is 0 Å². The highest BCUT2D eigenvalue weighted by Crippen LogP contribution is 2.32. The number of hydrogen-bond acceptors (Lipinski definition) is 3. The van der Waals surface area contributed by atoms with Crippen molar-refractivity contribution in [1.29, 1.82) is 0 Å². The highest BCUT2D eigenvalue weighted by molar-refractivity contribution is 5.98. The van der Waals surface area contributed by atoms with Crippen molar-refractivity contribution < 1.29 is 22.8 Å². The standard InChI is InChI=1S/C16H15F3N4O2/c1-8-11(7-20-23(8)2)13-15(25)21-12(14(24)22-13)9-4-3-5-10(6-9)16(17,18)19/h3-7,12-13H,1-2H3,(H,21,25)(H,22,24). The van der Waals surface area contributed by atoms with E-state index in [1.54, 1.807) is 18.7 Å². The third-order valence-electron chi connectivity index (χ3n) is 4.23. The molecule has 0 aliphatic carbocycles. The van der Waals surface area contributed by atoms with Gasteiger partial charge in [-0.25, -0.2) is 0 Å². The van der Waals surface area contributed by atoms with Gasteiger partial charge >= 0.3 is 6.18 Å². The number of carbonyl (C=O) groups is 2. The summed E-state index contributed by atoms with van der Waals surface area (Å²) in [5.41, 5.74) is 0.438. The topological polar surface area (TPSA) is 76.0 Å². The predicted molar refractivity (Wildman–Crippen MR) is 81.2 cm³/mol. The molecule has 1 aliphatic rings. The van der Waals surface area contributed by atoms with E-state index in [0.29, 0.717) is 11.3 Å². The summed E-state index contributed by atoms with van der Waals surface area (Å²) in [6, 6.07) is 2.24. The first-order chi connectivity index (χ1) is 11.7. The van der Waals surface area contributed by atoms with Crippen LogP contribution in [0.1, 0.15) is 34.5 Å². The number of aryl methyl sites for hydroxylation is 1. The Morgan fingerprint density at radius 1 is 1.12 bits per heavy atom. The number of amides is 2. The largest absolute Gasteiger partial charge is 0.416 e. The molecule has 6 nitrogen and oxygen atoms in total. The number of rotatable bonds is 2. The van der Waals surface area contributed by atoms with Crippen molar-refractivity contribution in [3.63, 3.8) is 0 Å². The minimum atomic E-state index is -4.53. The molecule has 0 radical (unpaired) electrons. The highest BCUT2D eigenvalue weighted by Gasteiger charge is 2.38. The van der Waals surface area contributed by atoms with Gasteiger partial charge in [0, 0.05) is 18.3 Å². The molecule has 2 unspecified atom stereocenters. The van der Waals surface area contributed by atoms with Gasteiger partial charge in [0.15, 0.2) is 0 Å². The van der Waals surface area contributed by atoms with Crippen LogP contribution in [0.2, 0.25) is 0 Å². The van der Waals surface area contributed by atoms with Crippen LogP contribution in [-0.4, -0.2) is 21.6 Å². The van der Waals surface area contributed by atoms with Crippen LogP contribution >= 0.6 is 0 Å². The van der Waals surface area contributed by atoms with Crippen molar-refractivity contribution >= 4 is 11.8 Å². The summed E-state index contributed by atoms with van der Waals surface area (Å²) in [5.74, 6) is -1.08. The lowest BCUT2D eigenvalue weighted by atomic mass is 9.97. The smallest absolute Gasteiger partial charge is 0.338 e. The van der Waals surface area contributed by atoms with E-state index < -0.39 is 35.6 Å². The second-order valence-electron chi connectivity index (χ2n) is 5.82. The second kappa shape index (κ2) is 5.91. The zero-order valence-electron chi connectivity index (χ0n) is 13.4. The fourth-order valence-electron chi connectivity index (χ4n) is 2.73. The molecule has 1 fully saturated rings. The van der Waals surface area contributed by atoms with Crippen LogP contribution in [0.3, 0.4) is 0 Å².